The SMILES string of the molecule is C=CCOC(=O)C1(CN)CCCCC1.Cl. The maximum absolute atomic E-state index is 11.8. The van der Waals surface area contributed by atoms with Crippen LogP contribution in [0.2, 0.25) is 0 Å². The van der Waals surface area contributed by atoms with Crippen molar-refractivity contribution in [3.8, 4) is 0 Å². The van der Waals surface area contributed by atoms with Crippen molar-refractivity contribution in [1.82, 2.24) is 0 Å². The molecule has 1 saturated carbocycles. The fraction of sp³-hybridized carbons (Fsp3) is 0.727. The zero-order valence-corrected chi connectivity index (χ0v) is 9.85. The summed E-state index contributed by atoms with van der Waals surface area (Å²) in [6.45, 7) is 4.22. The number of halogens is 1. The molecule has 0 aromatic rings. The molecule has 1 aliphatic carbocycles. The second kappa shape index (κ2) is 6.85. The van der Waals surface area contributed by atoms with Crippen LogP contribution >= 0.6 is 12.4 Å². The smallest absolute Gasteiger partial charge is 0.313 e. The van der Waals surface area contributed by atoms with Crippen LogP contribution in [-0.4, -0.2) is 19.1 Å². The summed E-state index contributed by atoms with van der Waals surface area (Å²) in [4.78, 5) is 11.8. The van der Waals surface area contributed by atoms with Crippen molar-refractivity contribution in [1.29, 1.82) is 0 Å². The third kappa shape index (κ3) is 3.50. The fourth-order valence-corrected chi connectivity index (χ4v) is 2.01. The molecule has 1 fully saturated rings. The lowest BCUT2D eigenvalue weighted by Crippen LogP contribution is -2.41. The Morgan fingerprint density at radius 1 is 1.40 bits per heavy atom. The molecule has 0 amide bonds. The van der Waals surface area contributed by atoms with E-state index in [-0.39, 0.29) is 18.4 Å². The van der Waals surface area contributed by atoms with Crippen LogP contribution in [0.15, 0.2) is 12.7 Å². The molecule has 1 aliphatic rings. The van der Waals surface area contributed by atoms with Gasteiger partial charge < -0.3 is 10.5 Å². The van der Waals surface area contributed by atoms with Gasteiger partial charge in [-0.25, -0.2) is 0 Å². The van der Waals surface area contributed by atoms with Gasteiger partial charge in [-0.05, 0) is 12.8 Å². The minimum Gasteiger partial charge on any atom is -0.461 e. The van der Waals surface area contributed by atoms with E-state index in [1.165, 1.54) is 6.42 Å². The van der Waals surface area contributed by atoms with Crippen LogP contribution < -0.4 is 5.73 Å². The van der Waals surface area contributed by atoms with Crippen molar-refractivity contribution in [3.63, 3.8) is 0 Å². The first-order chi connectivity index (χ1) is 6.75. The van der Waals surface area contributed by atoms with Gasteiger partial charge in [-0.2, -0.15) is 0 Å². The summed E-state index contributed by atoms with van der Waals surface area (Å²) in [6.07, 6.45) is 6.71. The van der Waals surface area contributed by atoms with Crippen LogP contribution in [0.1, 0.15) is 32.1 Å². The van der Waals surface area contributed by atoms with Crippen LogP contribution in [-0.2, 0) is 9.53 Å². The van der Waals surface area contributed by atoms with E-state index in [9.17, 15) is 4.79 Å². The van der Waals surface area contributed by atoms with E-state index in [0.29, 0.717) is 13.2 Å². The van der Waals surface area contributed by atoms with Gasteiger partial charge in [0, 0.05) is 6.54 Å². The number of esters is 1. The van der Waals surface area contributed by atoms with Crippen molar-refractivity contribution in [2.45, 2.75) is 32.1 Å². The number of rotatable bonds is 4. The molecule has 0 atom stereocenters. The van der Waals surface area contributed by atoms with Crippen LogP contribution in [0, 0.1) is 5.41 Å². The van der Waals surface area contributed by atoms with Gasteiger partial charge in [0.1, 0.15) is 6.61 Å². The molecule has 2 N–H and O–H groups in total. The van der Waals surface area contributed by atoms with E-state index in [4.69, 9.17) is 10.5 Å². The molecule has 3 nitrogen and oxygen atoms in total. The fourth-order valence-electron chi connectivity index (χ4n) is 2.01. The Kier molecular flexibility index (Phi) is 6.61. The monoisotopic (exact) mass is 233 g/mol. The third-order valence-electron chi connectivity index (χ3n) is 2.97. The summed E-state index contributed by atoms with van der Waals surface area (Å²) in [6, 6.07) is 0. The predicted octanol–water partition coefficient (Wildman–Crippen LogP) is 2.05. The Labute approximate surface area is 97.5 Å². The lowest BCUT2D eigenvalue weighted by Gasteiger charge is -2.33. The first-order valence-electron chi connectivity index (χ1n) is 5.23. The van der Waals surface area contributed by atoms with Gasteiger partial charge in [-0.1, -0.05) is 31.9 Å². The van der Waals surface area contributed by atoms with Gasteiger partial charge in [-0.3, -0.25) is 4.79 Å². The maximum atomic E-state index is 11.8. The predicted molar refractivity (Wildman–Crippen MR) is 63.0 cm³/mol. The van der Waals surface area contributed by atoms with Gasteiger partial charge in [0.2, 0.25) is 0 Å². The van der Waals surface area contributed by atoms with E-state index in [2.05, 4.69) is 6.58 Å². The molecule has 0 spiro atoms. The summed E-state index contributed by atoms with van der Waals surface area (Å²) >= 11 is 0. The van der Waals surface area contributed by atoms with Gasteiger partial charge in [0.05, 0.1) is 5.41 Å². The molecule has 0 unspecified atom stereocenters. The van der Waals surface area contributed by atoms with E-state index in [1.54, 1.807) is 6.08 Å². The van der Waals surface area contributed by atoms with Gasteiger partial charge in [0.25, 0.3) is 0 Å². The van der Waals surface area contributed by atoms with Crippen molar-refractivity contribution in [2.24, 2.45) is 11.1 Å². The Morgan fingerprint density at radius 2 is 2.00 bits per heavy atom. The van der Waals surface area contributed by atoms with Crippen LogP contribution in [0.5, 0.6) is 0 Å². The largest absolute Gasteiger partial charge is 0.461 e. The minimum absolute atomic E-state index is 0. The minimum atomic E-state index is -0.402. The molecule has 15 heavy (non-hydrogen) atoms. The second-order valence-corrected chi connectivity index (χ2v) is 3.93. The second-order valence-electron chi connectivity index (χ2n) is 3.93. The molecule has 0 heterocycles. The van der Waals surface area contributed by atoms with Crippen molar-refractivity contribution in [2.75, 3.05) is 13.2 Å². The number of nitrogens with two attached hydrogens (primary N) is 1. The zero-order valence-electron chi connectivity index (χ0n) is 9.04. The molecule has 0 radical (unpaired) electrons. The van der Waals surface area contributed by atoms with Gasteiger partial charge >= 0.3 is 5.97 Å². The Hall–Kier alpha value is -0.540. The van der Waals surface area contributed by atoms with Crippen molar-refractivity contribution in [3.05, 3.63) is 12.7 Å². The first kappa shape index (κ1) is 14.5. The number of carbonyl (C=O) groups excluding carboxylic acids is 1. The molecule has 0 bridgehead atoms. The van der Waals surface area contributed by atoms with E-state index < -0.39 is 5.41 Å². The van der Waals surface area contributed by atoms with Crippen molar-refractivity contribution < 1.29 is 9.53 Å². The molecule has 4 heteroatoms. The summed E-state index contributed by atoms with van der Waals surface area (Å²) < 4.78 is 5.09. The summed E-state index contributed by atoms with van der Waals surface area (Å²) in [5.41, 5.74) is 5.28. The highest BCUT2D eigenvalue weighted by Crippen LogP contribution is 2.36. The standard InChI is InChI=1S/C11H19NO2.ClH/c1-2-8-14-10(13)11(9-12)6-4-3-5-7-11;/h2H,1,3-9,12H2;1H. The van der Waals surface area contributed by atoms with E-state index >= 15 is 0 Å². The summed E-state index contributed by atoms with van der Waals surface area (Å²) in [5.74, 6) is -0.139. The molecule has 0 aliphatic heterocycles. The highest BCUT2D eigenvalue weighted by Gasteiger charge is 2.39. The van der Waals surface area contributed by atoms with Gasteiger partial charge in [0.15, 0.2) is 0 Å². The lowest BCUT2D eigenvalue weighted by molar-refractivity contribution is -0.156. The van der Waals surface area contributed by atoms with Crippen LogP contribution in [0.25, 0.3) is 0 Å². The average Bonchev–Trinajstić information content (AvgIpc) is 2.26. The normalized spacial score (nSPS) is 18.7. The molecular weight excluding hydrogens is 214 g/mol. The highest BCUT2D eigenvalue weighted by atomic mass is 35.5. The number of carbonyl (C=O) groups is 1. The molecule has 1 rings (SSSR count). The van der Waals surface area contributed by atoms with Crippen LogP contribution in [0.3, 0.4) is 0 Å². The Morgan fingerprint density at radius 3 is 2.47 bits per heavy atom. The Bertz CT molecular complexity index is 213. The molecular formula is C11H20ClNO2. The number of hydrogen-bond donors (Lipinski definition) is 1. The molecule has 0 aromatic heterocycles. The number of hydrogen-bond acceptors (Lipinski definition) is 3. The molecule has 0 aromatic carbocycles. The maximum Gasteiger partial charge on any atom is 0.313 e. The van der Waals surface area contributed by atoms with E-state index in [1.807, 2.05) is 0 Å². The van der Waals surface area contributed by atoms with E-state index in [0.717, 1.165) is 25.7 Å². The first-order valence-corrected chi connectivity index (χ1v) is 5.23. The quantitative estimate of drug-likeness (QED) is 0.597. The third-order valence-corrected chi connectivity index (χ3v) is 2.97. The molecule has 0 saturated heterocycles. The Balaban J connectivity index is 0.00000196. The number of ether oxygens (including phenoxy) is 1. The highest BCUT2D eigenvalue weighted by molar-refractivity contribution is 5.85. The summed E-state index contributed by atoms with van der Waals surface area (Å²) in [5, 5.41) is 0. The van der Waals surface area contributed by atoms with Crippen LogP contribution in [0.4, 0.5) is 0 Å². The van der Waals surface area contributed by atoms with Crippen molar-refractivity contribution >= 4 is 18.4 Å². The topological polar surface area (TPSA) is 52.3 Å². The zero-order chi connectivity index (χ0) is 10.4. The average molecular weight is 234 g/mol. The lowest BCUT2D eigenvalue weighted by atomic mass is 9.74. The summed E-state index contributed by atoms with van der Waals surface area (Å²) in [7, 11) is 0. The van der Waals surface area contributed by atoms with Gasteiger partial charge in [-0.15, -0.1) is 12.4 Å². The molecule has 88 valence electrons.